The van der Waals surface area contributed by atoms with Crippen LogP contribution in [0.1, 0.15) is 49.6 Å². The molecule has 0 aromatic carbocycles. The van der Waals surface area contributed by atoms with Gasteiger partial charge in [0.1, 0.15) is 0 Å². The lowest BCUT2D eigenvalue weighted by molar-refractivity contribution is -0.142. The van der Waals surface area contributed by atoms with E-state index in [4.69, 9.17) is 0 Å². The van der Waals surface area contributed by atoms with Crippen LogP contribution in [0, 0.1) is 5.92 Å². The van der Waals surface area contributed by atoms with E-state index in [1.807, 2.05) is 13.8 Å². The van der Waals surface area contributed by atoms with Gasteiger partial charge in [-0.25, -0.2) is 0 Å². The van der Waals surface area contributed by atoms with Crippen molar-refractivity contribution in [1.29, 1.82) is 0 Å². The molecule has 0 radical (unpaired) electrons. The van der Waals surface area contributed by atoms with Crippen molar-refractivity contribution in [2.45, 2.75) is 45.2 Å². The molecule has 2 aliphatic rings. The van der Waals surface area contributed by atoms with Crippen molar-refractivity contribution in [1.82, 2.24) is 9.78 Å². The van der Waals surface area contributed by atoms with Gasteiger partial charge in [0.25, 0.3) is 0 Å². The van der Waals surface area contributed by atoms with E-state index < -0.39 is 11.9 Å². The predicted molar refractivity (Wildman–Crippen MR) is 58.7 cm³/mol. The van der Waals surface area contributed by atoms with Crippen LogP contribution in [0.2, 0.25) is 0 Å². The summed E-state index contributed by atoms with van der Waals surface area (Å²) < 4.78 is 39.4. The molecule has 1 saturated carbocycles. The fraction of sp³-hybridized carbons (Fsp3) is 0.750. The fourth-order valence-electron chi connectivity index (χ4n) is 2.75. The molecule has 0 aliphatic heterocycles. The van der Waals surface area contributed by atoms with Crippen LogP contribution in [0.4, 0.5) is 13.2 Å². The van der Waals surface area contributed by atoms with Crippen LogP contribution in [0.3, 0.4) is 0 Å². The summed E-state index contributed by atoms with van der Waals surface area (Å²) in [6.07, 6.45) is -1.82. The predicted octanol–water partition coefficient (Wildman–Crippen LogP) is 3.51. The van der Waals surface area contributed by atoms with Gasteiger partial charge in [-0.15, -0.1) is 0 Å². The molecule has 1 heterocycles. The minimum atomic E-state index is -4.30. The van der Waals surface area contributed by atoms with Crippen molar-refractivity contribution >= 4 is 0 Å². The van der Waals surface area contributed by atoms with Gasteiger partial charge >= 0.3 is 6.18 Å². The Morgan fingerprint density at radius 1 is 1.29 bits per heavy atom. The van der Waals surface area contributed by atoms with Crippen LogP contribution in [0.25, 0.3) is 0 Å². The largest absolute Gasteiger partial charge is 0.435 e. The summed E-state index contributed by atoms with van der Waals surface area (Å²) in [5.41, 5.74) is 0.618. The molecule has 0 spiro atoms. The summed E-state index contributed by atoms with van der Waals surface area (Å²) in [5.74, 6) is 0.969. The van der Waals surface area contributed by atoms with Crippen molar-refractivity contribution < 1.29 is 13.2 Å². The zero-order valence-electron chi connectivity index (χ0n) is 10.3. The molecule has 0 bridgehead atoms. The van der Waals surface area contributed by atoms with E-state index in [1.165, 1.54) is 4.68 Å². The first-order valence-corrected chi connectivity index (χ1v) is 6.11. The standard InChI is InChI=1S/C10H11F3N2.C2H6/c1-15-8-6(3-2-5-4-7(5)8)9(14-15)10(11,12)13;1-2/h5,7H,2-4H2,1H3;1-2H3. The average molecular weight is 246 g/mol. The number of nitrogens with zero attached hydrogens (tertiary/aromatic N) is 2. The topological polar surface area (TPSA) is 17.8 Å². The molecule has 3 rings (SSSR count). The number of halogens is 3. The van der Waals surface area contributed by atoms with Crippen LogP contribution in [-0.4, -0.2) is 9.78 Å². The zero-order valence-corrected chi connectivity index (χ0v) is 10.3. The second-order valence-electron chi connectivity index (χ2n) is 4.47. The Bertz CT molecular complexity index is 420. The van der Waals surface area contributed by atoms with Gasteiger partial charge in [0.2, 0.25) is 0 Å². The molecule has 1 aromatic heterocycles. The van der Waals surface area contributed by atoms with Crippen molar-refractivity contribution in [3.05, 3.63) is 17.0 Å². The Morgan fingerprint density at radius 3 is 2.53 bits per heavy atom. The summed E-state index contributed by atoms with van der Waals surface area (Å²) in [7, 11) is 1.62. The van der Waals surface area contributed by atoms with Gasteiger partial charge < -0.3 is 0 Å². The van der Waals surface area contributed by atoms with E-state index in [1.54, 1.807) is 7.05 Å². The molecule has 1 fully saturated rings. The molecule has 96 valence electrons. The Hall–Kier alpha value is -1.00. The van der Waals surface area contributed by atoms with Crippen molar-refractivity contribution in [2.75, 3.05) is 0 Å². The van der Waals surface area contributed by atoms with Gasteiger partial charge in [0.15, 0.2) is 5.69 Å². The summed E-state index contributed by atoms with van der Waals surface area (Å²) >= 11 is 0. The summed E-state index contributed by atoms with van der Waals surface area (Å²) in [6.45, 7) is 4.00. The summed E-state index contributed by atoms with van der Waals surface area (Å²) in [4.78, 5) is 0. The van der Waals surface area contributed by atoms with E-state index in [9.17, 15) is 13.2 Å². The number of hydrogen-bond donors (Lipinski definition) is 0. The third-order valence-corrected chi connectivity index (χ3v) is 3.50. The van der Waals surface area contributed by atoms with E-state index >= 15 is 0 Å². The van der Waals surface area contributed by atoms with Gasteiger partial charge in [-0.3, -0.25) is 4.68 Å². The van der Waals surface area contributed by atoms with Gasteiger partial charge in [-0.05, 0) is 25.2 Å². The second kappa shape index (κ2) is 4.03. The smallest absolute Gasteiger partial charge is 0.271 e. The molecule has 1 aromatic rings. The van der Waals surface area contributed by atoms with Gasteiger partial charge in [-0.2, -0.15) is 18.3 Å². The summed E-state index contributed by atoms with van der Waals surface area (Å²) in [6, 6.07) is 0. The average Bonchev–Trinajstić information content (AvgIpc) is 2.98. The molecule has 0 N–H and O–H groups in total. The highest BCUT2D eigenvalue weighted by Crippen LogP contribution is 2.55. The normalized spacial score (nSPS) is 25.5. The zero-order chi connectivity index (χ0) is 12.8. The molecule has 2 nitrogen and oxygen atoms in total. The van der Waals surface area contributed by atoms with Crippen LogP contribution < -0.4 is 0 Å². The van der Waals surface area contributed by atoms with Crippen molar-refractivity contribution in [2.24, 2.45) is 13.0 Å². The highest BCUT2D eigenvalue weighted by atomic mass is 19.4. The number of hydrogen-bond acceptors (Lipinski definition) is 1. The maximum atomic E-state index is 12.7. The minimum Gasteiger partial charge on any atom is -0.271 e. The Kier molecular flexibility index (Phi) is 2.96. The minimum absolute atomic E-state index is 0.349. The van der Waals surface area contributed by atoms with Gasteiger partial charge in [0.05, 0.1) is 0 Å². The lowest BCUT2D eigenvalue weighted by Crippen LogP contribution is -2.11. The SMILES string of the molecule is CC.Cn1nc(C(F)(F)F)c2c1C1CC1CC2. The Labute approximate surface area is 98.8 Å². The molecule has 5 heteroatoms. The molecule has 2 atom stereocenters. The molecular weight excluding hydrogens is 229 g/mol. The molecule has 2 unspecified atom stereocenters. The summed E-state index contributed by atoms with van der Waals surface area (Å²) in [5, 5.41) is 3.63. The van der Waals surface area contributed by atoms with Crippen LogP contribution in [-0.2, 0) is 19.6 Å². The van der Waals surface area contributed by atoms with E-state index in [0.717, 1.165) is 18.5 Å². The quantitative estimate of drug-likeness (QED) is 0.685. The third-order valence-electron chi connectivity index (χ3n) is 3.50. The Morgan fingerprint density at radius 2 is 1.94 bits per heavy atom. The lowest BCUT2D eigenvalue weighted by Gasteiger charge is -2.12. The molecule has 2 aliphatic carbocycles. The molecular formula is C12H17F3N2. The number of fused-ring (bicyclic) bond motifs is 3. The maximum absolute atomic E-state index is 12.7. The molecule has 0 saturated heterocycles. The lowest BCUT2D eigenvalue weighted by atomic mass is 9.95. The van der Waals surface area contributed by atoms with E-state index in [-0.39, 0.29) is 0 Å². The second-order valence-corrected chi connectivity index (χ2v) is 4.47. The first kappa shape index (κ1) is 12.5. The maximum Gasteiger partial charge on any atom is 0.435 e. The number of aryl methyl sites for hydroxylation is 1. The van der Waals surface area contributed by atoms with Gasteiger partial charge in [0, 0.05) is 24.2 Å². The van der Waals surface area contributed by atoms with E-state index in [0.29, 0.717) is 23.8 Å². The van der Waals surface area contributed by atoms with Crippen LogP contribution in [0.15, 0.2) is 0 Å². The number of aromatic nitrogens is 2. The van der Waals surface area contributed by atoms with Crippen LogP contribution in [0.5, 0.6) is 0 Å². The van der Waals surface area contributed by atoms with Crippen molar-refractivity contribution in [3.8, 4) is 0 Å². The van der Waals surface area contributed by atoms with E-state index in [2.05, 4.69) is 5.10 Å². The van der Waals surface area contributed by atoms with Crippen molar-refractivity contribution in [3.63, 3.8) is 0 Å². The fourth-order valence-corrected chi connectivity index (χ4v) is 2.75. The Balaban J connectivity index is 0.000000514. The third kappa shape index (κ3) is 1.96. The van der Waals surface area contributed by atoms with Gasteiger partial charge in [-0.1, -0.05) is 13.8 Å². The number of rotatable bonds is 0. The number of alkyl halides is 3. The first-order chi connectivity index (χ1) is 7.98. The molecule has 0 amide bonds. The molecule has 17 heavy (non-hydrogen) atoms. The highest BCUT2D eigenvalue weighted by Gasteiger charge is 2.48. The highest BCUT2D eigenvalue weighted by molar-refractivity contribution is 5.37. The van der Waals surface area contributed by atoms with Crippen LogP contribution >= 0.6 is 0 Å². The first-order valence-electron chi connectivity index (χ1n) is 6.11. The monoisotopic (exact) mass is 246 g/mol.